The number of esters is 3. The molecule has 0 saturated carbocycles. The van der Waals surface area contributed by atoms with Crippen LogP contribution in [0, 0.1) is 0 Å². The summed E-state index contributed by atoms with van der Waals surface area (Å²) in [5.41, 5.74) is 0. The molecule has 0 heterocycles. The molecule has 0 aliphatic rings. The van der Waals surface area contributed by atoms with Crippen molar-refractivity contribution in [1.82, 2.24) is 0 Å². The summed E-state index contributed by atoms with van der Waals surface area (Å²) in [6, 6.07) is 0. The lowest BCUT2D eigenvalue weighted by molar-refractivity contribution is -0.161. The number of ether oxygens (including phenoxy) is 3. The van der Waals surface area contributed by atoms with Crippen molar-refractivity contribution in [3.8, 4) is 0 Å². The van der Waals surface area contributed by atoms with Gasteiger partial charge in [0, 0.05) is 19.3 Å². The van der Waals surface area contributed by atoms with Crippen LogP contribution in [0.25, 0.3) is 0 Å². The molecule has 0 aromatic rings. The molecule has 0 fully saturated rings. The Morgan fingerprint density at radius 3 is 0.761 bits per heavy atom. The number of hydrogen-bond acceptors (Lipinski definition) is 14. The van der Waals surface area contributed by atoms with Crippen LogP contribution in [-0.2, 0) is 55.8 Å². The van der Waals surface area contributed by atoms with Crippen LogP contribution in [-0.4, -0.2) is 95.9 Å². The molecule has 18 heteroatoms. The zero-order chi connectivity index (χ0) is 79.4. The molecule has 0 rings (SSSR count). The van der Waals surface area contributed by atoms with Crippen LogP contribution in [0.3, 0.4) is 0 Å². The standard InChI is InChI=1S/C91H148O16P2/c1-4-7-10-13-16-19-22-25-28-31-34-36-38-40-41-42-43-45-47-48-51-53-56-59-62-65-68-71-74-77-89(94)101-80-86(92)81-103-108(97,98)104-82-87(93)83-105-109(99,100)106-85-88(107-91(96)79-76-73-70-67-64-61-58-55-50-33-30-27-24-21-18-15-12-9-6-3)84-102-90(95)78-75-72-69-66-63-60-57-54-52-49-46-44-39-37-35-32-29-26-23-20-17-14-11-8-5-2/h7-12,16-21,25-30,34-37,40-41,44,46,50,55,61,64,70,73,86-88,92-93H,4-6,13-15,22-24,31-33,38-39,42-43,45,47-49,51-54,56-60,62-63,65-69,71-72,74-85H2,1-3H3,(H,97,98)(H,99,100)/b10-7-,11-8-,12-9-,19-16-,20-17-,21-18-,28-25-,29-26-,30-27-,36-34-,37-35-,41-40-,46-44-,55-50-,64-61-,73-70-. The van der Waals surface area contributed by atoms with E-state index < -0.39 is 91.5 Å². The molecule has 0 radical (unpaired) electrons. The van der Waals surface area contributed by atoms with Crippen LogP contribution >= 0.6 is 15.6 Å². The molecule has 5 atom stereocenters. The van der Waals surface area contributed by atoms with E-state index in [1.54, 1.807) is 0 Å². The Bertz CT molecular complexity index is 2760. The zero-order valence-corrected chi connectivity index (χ0v) is 69.4. The minimum Gasteiger partial charge on any atom is -0.463 e. The van der Waals surface area contributed by atoms with Crippen molar-refractivity contribution in [2.75, 3.05) is 39.6 Å². The fraction of sp³-hybridized carbons (Fsp3) is 0.615. The summed E-state index contributed by atoms with van der Waals surface area (Å²) in [4.78, 5) is 58.8. The maximum absolute atomic E-state index is 13.0. The van der Waals surface area contributed by atoms with E-state index in [1.807, 2.05) is 18.2 Å². The molecule has 5 unspecified atom stereocenters. The highest BCUT2D eigenvalue weighted by atomic mass is 31.2. The maximum atomic E-state index is 13.0. The first-order chi connectivity index (χ1) is 53.2. The minimum atomic E-state index is -4.96. The zero-order valence-electron chi connectivity index (χ0n) is 67.6. The molecule has 0 spiro atoms. The van der Waals surface area contributed by atoms with Gasteiger partial charge >= 0.3 is 33.6 Å². The second-order valence-electron chi connectivity index (χ2n) is 27.1. The van der Waals surface area contributed by atoms with Crippen LogP contribution in [0.5, 0.6) is 0 Å². The molecule has 16 nitrogen and oxygen atoms in total. The van der Waals surface area contributed by atoms with Gasteiger partial charge in [-0.05, 0) is 148 Å². The monoisotopic (exact) mass is 1560 g/mol. The quantitative estimate of drug-likeness (QED) is 0.0146. The summed E-state index contributed by atoms with van der Waals surface area (Å²) in [5.74, 6) is -1.69. The molecule has 0 saturated heterocycles. The predicted octanol–water partition coefficient (Wildman–Crippen LogP) is 25.1. The highest BCUT2D eigenvalue weighted by molar-refractivity contribution is 7.47. The average Bonchev–Trinajstić information content (AvgIpc) is 0.904. The number of allylic oxidation sites excluding steroid dienone is 32. The van der Waals surface area contributed by atoms with E-state index in [4.69, 9.17) is 32.3 Å². The van der Waals surface area contributed by atoms with Gasteiger partial charge in [0.25, 0.3) is 0 Å². The lowest BCUT2D eigenvalue weighted by atomic mass is 10.0. The lowest BCUT2D eigenvalue weighted by Crippen LogP contribution is -2.29. The molecular formula is C91H148O16P2. The number of hydrogen-bond donors (Lipinski definition) is 4. The van der Waals surface area contributed by atoms with Gasteiger partial charge in [-0.2, -0.15) is 0 Å². The molecule has 0 aliphatic carbocycles. The number of unbranched alkanes of at least 4 members (excludes halogenated alkanes) is 22. The van der Waals surface area contributed by atoms with Gasteiger partial charge in [0.05, 0.1) is 26.4 Å². The third-order valence-corrected chi connectivity index (χ3v) is 18.7. The van der Waals surface area contributed by atoms with Gasteiger partial charge in [0.15, 0.2) is 6.10 Å². The number of carbonyl (C=O) groups excluding carboxylic acids is 3. The summed E-state index contributed by atoms with van der Waals surface area (Å²) in [6.45, 7) is 2.24. The Hall–Kier alpha value is -5.61. The molecule has 0 aliphatic heterocycles. The Balaban J connectivity index is 4.66. The fourth-order valence-electron chi connectivity index (χ4n) is 10.6. The minimum absolute atomic E-state index is 0.0290. The van der Waals surface area contributed by atoms with Crippen molar-refractivity contribution < 1.29 is 75.8 Å². The van der Waals surface area contributed by atoms with Crippen LogP contribution < -0.4 is 0 Å². The highest BCUT2D eigenvalue weighted by Crippen LogP contribution is 2.45. The van der Waals surface area contributed by atoms with Gasteiger partial charge in [-0.25, -0.2) is 9.13 Å². The normalized spacial score (nSPS) is 14.9. The smallest absolute Gasteiger partial charge is 0.463 e. The van der Waals surface area contributed by atoms with Crippen LogP contribution in [0.15, 0.2) is 194 Å². The molecule has 618 valence electrons. The van der Waals surface area contributed by atoms with Gasteiger partial charge in [-0.1, -0.05) is 331 Å². The van der Waals surface area contributed by atoms with E-state index in [1.165, 1.54) is 83.5 Å². The molecule has 4 N–H and O–H groups in total. The topological polar surface area (TPSA) is 231 Å². The van der Waals surface area contributed by atoms with E-state index in [9.17, 15) is 43.5 Å². The van der Waals surface area contributed by atoms with Gasteiger partial charge in [0.1, 0.15) is 25.4 Å². The summed E-state index contributed by atoms with van der Waals surface area (Å²) in [6.07, 6.45) is 108. The van der Waals surface area contributed by atoms with Crippen LogP contribution in [0.1, 0.15) is 303 Å². The highest BCUT2D eigenvalue weighted by Gasteiger charge is 2.29. The molecule has 0 amide bonds. The Labute approximate surface area is 661 Å². The third kappa shape index (κ3) is 83.2. The SMILES string of the molecule is CC/C=C\C/C=C\C/C=C\C/C=C\C/C=C\C/C=C\CCC(=O)OC(COC(=O)CCCCCCCCCCC/C=C\C/C=C\C/C=C\C/C=C\C/C=C\CC)COP(=O)(O)OCC(O)COP(=O)(O)OCC(O)COC(=O)CCCCCCCCCCCCCCC/C=C\C/C=C\C/C=C\C/C=C\C/C=C\CC. The first-order valence-electron chi connectivity index (χ1n) is 41.7. The summed E-state index contributed by atoms with van der Waals surface area (Å²) in [7, 11) is -9.84. The van der Waals surface area contributed by atoms with E-state index in [-0.39, 0.29) is 19.3 Å². The summed E-state index contributed by atoms with van der Waals surface area (Å²) in [5, 5.41) is 20.7. The number of carbonyl (C=O) groups is 3. The van der Waals surface area contributed by atoms with Crippen LogP contribution in [0.2, 0.25) is 0 Å². The van der Waals surface area contributed by atoms with Gasteiger partial charge in [0.2, 0.25) is 0 Å². The largest absolute Gasteiger partial charge is 0.472 e. The Kier molecular flexibility index (Phi) is 77.7. The first-order valence-corrected chi connectivity index (χ1v) is 44.7. The Morgan fingerprint density at radius 2 is 0.477 bits per heavy atom. The first kappa shape index (κ1) is 103. The molecule has 0 aromatic carbocycles. The van der Waals surface area contributed by atoms with Crippen molar-refractivity contribution >= 4 is 33.6 Å². The molecule has 0 bridgehead atoms. The molecule has 109 heavy (non-hydrogen) atoms. The van der Waals surface area contributed by atoms with E-state index in [2.05, 4.69) is 197 Å². The molecular weight excluding hydrogens is 1410 g/mol. The van der Waals surface area contributed by atoms with Crippen LogP contribution in [0.4, 0.5) is 0 Å². The summed E-state index contributed by atoms with van der Waals surface area (Å²) < 4.78 is 61.2. The fourth-order valence-corrected chi connectivity index (χ4v) is 12.2. The average molecular weight is 1560 g/mol. The van der Waals surface area contributed by atoms with Gasteiger partial charge in [-0.15, -0.1) is 0 Å². The second kappa shape index (κ2) is 81.9. The van der Waals surface area contributed by atoms with Gasteiger partial charge in [-0.3, -0.25) is 32.5 Å². The van der Waals surface area contributed by atoms with E-state index in [0.29, 0.717) is 25.7 Å². The van der Waals surface area contributed by atoms with Crippen molar-refractivity contribution in [2.45, 2.75) is 322 Å². The van der Waals surface area contributed by atoms with Crippen molar-refractivity contribution in [2.24, 2.45) is 0 Å². The van der Waals surface area contributed by atoms with Crippen molar-refractivity contribution in [3.05, 3.63) is 194 Å². The van der Waals surface area contributed by atoms with Gasteiger partial charge < -0.3 is 34.2 Å². The number of aliphatic hydroxyl groups is 2. The van der Waals surface area contributed by atoms with E-state index in [0.717, 1.165) is 154 Å². The summed E-state index contributed by atoms with van der Waals surface area (Å²) >= 11 is 0. The van der Waals surface area contributed by atoms with Crippen molar-refractivity contribution in [1.29, 1.82) is 0 Å². The Morgan fingerprint density at radius 1 is 0.257 bits per heavy atom. The predicted molar refractivity (Wildman–Crippen MR) is 454 cm³/mol. The number of aliphatic hydroxyl groups excluding tert-OH is 2. The maximum Gasteiger partial charge on any atom is 0.472 e. The number of rotatable bonds is 77. The van der Waals surface area contributed by atoms with Crippen molar-refractivity contribution in [3.63, 3.8) is 0 Å². The lowest BCUT2D eigenvalue weighted by Gasteiger charge is -2.21. The third-order valence-electron chi connectivity index (χ3n) is 16.8. The van der Waals surface area contributed by atoms with E-state index >= 15 is 0 Å². The molecule has 0 aromatic heterocycles. The second-order valence-corrected chi connectivity index (χ2v) is 30.0. The number of phosphoric acid groups is 2. The number of phosphoric ester groups is 2.